The molecule has 23 atom stereocenters. The van der Waals surface area contributed by atoms with Crippen LogP contribution in [0.5, 0.6) is 0 Å². The number of carboxylic acids is 1. The number of rotatable bonds is 5. The minimum Gasteiger partial charge on any atom is -0.481 e. The summed E-state index contributed by atoms with van der Waals surface area (Å²) in [7, 11) is 0. The number of ether oxygens (including phenoxy) is 6. The molecular weight excluding hydrogens is 985 g/mol. The first-order valence-corrected chi connectivity index (χ1v) is 25.9. The Morgan fingerprint density at radius 3 is 1.77 bits per heavy atom. The molecule has 4 aliphatic rings. The molecule has 2 bridgehead atoms. The molecule has 15 N–H and O–H groups in total. The van der Waals surface area contributed by atoms with E-state index in [2.05, 4.69) is 0 Å². The quantitative estimate of drug-likeness (QED) is 0.127. The maximum atomic E-state index is 13.4. The second-order valence-electron chi connectivity index (χ2n) is 20.5. The summed E-state index contributed by atoms with van der Waals surface area (Å²) in [6.07, 6.45) is -2.15. The van der Waals surface area contributed by atoms with Crippen molar-refractivity contribution >= 4 is 17.7 Å². The molecule has 22 nitrogen and oxygen atoms in total. The molecule has 4 heterocycles. The molecule has 0 radical (unpaired) electrons. The van der Waals surface area contributed by atoms with E-state index in [1.54, 1.807) is 51.2 Å². The first-order valence-electron chi connectivity index (χ1n) is 25.9. The first-order chi connectivity index (χ1) is 35.3. The number of cyclic esters (lactones) is 1. The third kappa shape index (κ3) is 19.7. The van der Waals surface area contributed by atoms with Crippen LogP contribution in [0, 0.1) is 17.8 Å². The fourth-order valence-corrected chi connectivity index (χ4v) is 9.51. The van der Waals surface area contributed by atoms with E-state index in [9.17, 15) is 70.6 Å². The van der Waals surface area contributed by atoms with E-state index in [-0.39, 0.29) is 31.6 Å². The number of Topliss-reactive ketones (excluding diaryl/α,β-unsaturated/α-hetero) is 1. The molecule has 3 saturated heterocycles. The van der Waals surface area contributed by atoms with Crippen molar-refractivity contribution in [2.45, 2.75) is 221 Å². The lowest BCUT2D eigenvalue weighted by Crippen LogP contribution is -2.62. The second-order valence-corrected chi connectivity index (χ2v) is 20.5. The van der Waals surface area contributed by atoms with E-state index in [1.165, 1.54) is 13.0 Å². The number of allylic oxidation sites excluding steroid dienone is 10. The summed E-state index contributed by atoms with van der Waals surface area (Å²) in [5.74, 6) is -8.43. The first kappa shape index (κ1) is 63.9. The predicted molar refractivity (Wildman–Crippen MR) is 269 cm³/mol. The van der Waals surface area contributed by atoms with E-state index in [0.29, 0.717) is 12.8 Å². The summed E-state index contributed by atoms with van der Waals surface area (Å²) in [5, 5.41) is 118. The molecule has 4 aliphatic heterocycles. The van der Waals surface area contributed by atoms with Gasteiger partial charge in [0.15, 0.2) is 24.2 Å². The van der Waals surface area contributed by atoms with Crippen LogP contribution in [-0.2, 0) is 42.8 Å². The molecule has 0 amide bonds. The lowest BCUT2D eigenvalue weighted by atomic mass is 9.83. The molecule has 0 unspecified atom stereocenters. The van der Waals surface area contributed by atoms with Gasteiger partial charge in [-0.3, -0.25) is 14.4 Å². The average Bonchev–Trinajstić information content (AvgIpc) is 3.32. The van der Waals surface area contributed by atoms with Crippen LogP contribution in [0.3, 0.4) is 0 Å². The Hall–Kier alpha value is -3.63. The van der Waals surface area contributed by atoms with Gasteiger partial charge in [-0.05, 0) is 59.3 Å². The fraction of sp³-hybridized carbons (Fsp3) is 0.717. The lowest BCUT2D eigenvalue weighted by Gasteiger charge is -2.43. The summed E-state index contributed by atoms with van der Waals surface area (Å²) in [6, 6.07) is -2.23. The number of aliphatic hydroxyl groups excluding tert-OH is 9. The molecule has 0 aromatic heterocycles. The maximum Gasteiger partial charge on any atom is 0.316 e. The van der Waals surface area contributed by atoms with E-state index in [4.69, 9.17) is 39.9 Å². The SMILES string of the molecule is C[C@@H]1[C@H](O[C@@H]2O[C@H](C)[C@@H](O)[C@H](N)[C@@H]2O)[C@@H](C)C=CC=CCCC=CC=CC=CC=C[C@H](O[C@@H]2O[C@H](C)[C@@H](O)[C@H](N)[C@@H]2O)C[C@@H]2O[C@@](O)(CC(=O)[C@H]2C(=O)O)C[C@@H](O)[C@H](O)CC[C@@H](O)C[C@@H](O)C[C@@H](O)CC(=O)O[C@H]1C. The van der Waals surface area contributed by atoms with Gasteiger partial charge in [0.05, 0.1) is 98.2 Å². The molecule has 0 spiro atoms. The minimum absolute atomic E-state index is 0.188. The van der Waals surface area contributed by atoms with Crippen LogP contribution in [0.4, 0.5) is 0 Å². The highest BCUT2D eigenvalue weighted by Crippen LogP contribution is 2.37. The molecule has 4 rings (SSSR count). The van der Waals surface area contributed by atoms with Crippen LogP contribution in [0.2, 0.25) is 0 Å². The van der Waals surface area contributed by atoms with Gasteiger partial charge in [0.25, 0.3) is 0 Å². The van der Waals surface area contributed by atoms with E-state index >= 15 is 0 Å². The molecule has 0 aliphatic carbocycles. The van der Waals surface area contributed by atoms with Crippen LogP contribution >= 0.6 is 0 Å². The third-order valence-electron chi connectivity index (χ3n) is 14.2. The zero-order valence-corrected chi connectivity index (χ0v) is 43.4. The maximum absolute atomic E-state index is 13.4. The van der Waals surface area contributed by atoms with Crippen molar-refractivity contribution in [2.75, 3.05) is 0 Å². The Kier molecular flexibility index (Phi) is 26.0. The number of carbonyl (C=O) groups excluding carboxylic acids is 2. The zero-order valence-electron chi connectivity index (χ0n) is 43.4. The van der Waals surface area contributed by atoms with Crippen LogP contribution in [0.15, 0.2) is 72.9 Å². The van der Waals surface area contributed by atoms with Gasteiger partial charge in [-0.1, -0.05) is 86.8 Å². The Bertz CT molecular complexity index is 1970. The molecule has 0 saturated carbocycles. The second kappa shape index (κ2) is 30.5. The van der Waals surface area contributed by atoms with Crippen molar-refractivity contribution in [3.8, 4) is 0 Å². The number of aliphatic carboxylic acids is 1. The number of carbonyl (C=O) groups is 3. The van der Waals surface area contributed by atoms with Gasteiger partial charge in [0, 0.05) is 24.7 Å². The normalized spacial score (nSPS) is 43.5. The summed E-state index contributed by atoms with van der Waals surface area (Å²) in [6.45, 7) is 8.43. The van der Waals surface area contributed by atoms with Gasteiger partial charge in [-0.2, -0.15) is 0 Å². The van der Waals surface area contributed by atoms with Crippen molar-refractivity contribution in [1.82, 2.24) is 0 Å². The smallest absolute Gasteiger partial charge is 0.316 e. The van der Waals surface area contributed by atoms with Crippen molar-refractivity contribution in [3.05, 3.63) is 72.9 Å². The van der Waals surface area contributed by atoms with Crippen molar-refractivity contribution in [3.63, 3.8) is 0 Å². The van der Waals surface area contributed by atoms with Gasteiger partial charge in [-0.15, -0.1) is 0 Å². The highest BCUT2D eigenvalue weighted by molar-refractivity contribution is 5.99. The molecule has 0 aromatic carbocycles. The number of esters is 1. The molecule has 426 valence electrons. The van der Waals surface area contributed by atoms with Gasteiger partial charge >= 0.3 is 11.9 Å². The van der Waals surface area contributed by atoms with Gasteiger partial charge < -0.3 is 96.1 Å². The molecule has 3 fully saturated rings. The molecule has 75 heavy (non-hydrogen) atoms. The van der Waals surface area contributed by atoms with Gasteiger partial charge in [0.1, 0.15) is 24.2 Å². The Labute approximate surface area is 438 Å². The monoisotopic (exact) mass is 1070 g/mol. The van der Waals surface area contributed by atoms with E-state index in [0.717, 1.165) is 0 Å². The van der Waals surface area contributed by atoms with Crippen LogP contribution in [0.25, 0.3) is 0 Å². The molecule has 22 heteroatoms. The fourth-order valence-electron chi connectivity index (χ4n) is 9.51. The Balaban J connectivity index is 1.56. The molecule has 0 aromatic rings. The van der Waals surface area contributed by atoms with Gasteiger partial charge in [0.2, 0.25) is 0 Å². The number of nitrogens with two attached hydrogens (primary N) is 2. The van der Waals surface area contributed by atoms with E-state index in [1.807, 2.05) is 43.4 Å². The number of hydrogen-bond acceptors (Lipinski definition) is 21. The minimum atomic E-state index is -2.48. The topological polar surface area (TPSA) is 381 Å². The Morgan fingerprint density at radius 2 is 1.17 bits per heavy atom. The number of ketones is 1. The number of aliphatic hydroxyl groups is 10. The van der Waals surface area contributed by atoms with Gasteiger partial charge in [-0.25, -0.2) is 0 Å². The highest BCUT2D eigenvalue weighted by Gasteiger charge is 2.51. The van der Waals surface area contributed by atoms with Crippen LogP contribution < -0.4 is 11.5 Å². The summed E-state index contributed by atoms with van der Waals surface area (Å²) >= 11 is 0. The van der Waals surface area contributed by atoms with Crippen molar-refractivity contribution in [2.24, 2.45) is 29.2 Å². The predicted octanol–water partition coefficient (Wildman–Crippen LogP) is -0.0379. The van der Waals surface area contributed by atoms with Crippen molar-refractivity contribution in [1.29, 1.82) is 0 Å². The zero-order chi connectivity index (χ0) is 55.7. The van der Waals surface area contributed by atoms with E-state index < -0.39 is 177 Å². The third-order valence-corrected chi connectivity index (χ3v) is 14.2. The number of hydrogen-bond donors (Lipinski definition) is 13. The highest BCUT2D eigenvalue weighted by atomic mass is 16.7. The number of fused-ring (bicyclic) bond motifs is 2. The Morgan fingerprint density at radius 1 is 0.640 bits per heavy atom. The standard InChI is InChI=1S/C53H84N2O20/c1-28-18-16-14-12-10-8-6-7-9-11-13-15-17-19-36(73-51-47(65)43(54)45(63)31(4)71-51)25-40-42(50(67)68)39(61)27-53(69,75-40)26-38(60)37(59)21-20-33(56)22-34(57)23-35(58)24-41(62)70-30(3)29(2)49(28)74-52-48(66)44(55)46(64)32(5)72-52/h6-7,9,11-19,28-38,40,42-49,51-52,56-60,63-66,69H,8,10,20-27,54-55H2,1-5H3,(H,67,68)/t28-,29-,30-,31+,32+,33+,34+,35+,36-,37+,38+,40-,42+,43-,44-,45+,46+,47-,48-,49+,51-,52-,53+/m0/s1. The number of carboxylic acid groups (broad SMARTS) is 1. The summed E-state index contributed by atoms with van der Waals surface area (Å²) in [4.78, 5) is 39.0. The summed E-state index contributed by atoms with van der Waals surface area (Å²) < 4.78 is 35.5. The average molecular weight is 1070 g/mol. The largest absolute Gasteiger partial charge is 0.481 e. The molecular formula is C53H84N2O20. The lowest BCUT2D eigenvalue weighted by molar-refractivity contribution is -0.291. The van der Waals surface area contributed by atoms with Crippen LogP contribution in [-0.4, -0.2) is 196 Å². The summed E-state index contributed by atoms with van der Waals surface area (Å²) in [5.41, 5.74) is 12.1. The van der Waals surface area contributed by atoms with Crippen molar-refractivity contribution < 1.29 is 99.0 Å². The van der Waals surface area contributed by atoms with Crippen LogP contribution in [0.1, 0.15) is 98.8 Å².